The smallest absolute Gasteiger partial charge is 0.381 e. The van der Waals surface area contributed by atoms with Crippen LogP contribution in [-0.4, -0.2) is 30.2 Å². The molecule has 0 radical (unpaired) electrons. The van der Waals surface area contributed by atoms with Crippen molar-refractivity contribution in [1.82, 2.24) is 9.88 Å². The largest absolute Gasteiger partial charge is 0.421 e. The zero-order valence-corrected chi connectivity index (χ0v) is 12.6. The summed E-state index contributed by atoms with van der Waals surface area (Å²) in [7, 11) is 0. The Morgan fingerprint density at radius 1 is 1.39 bits per heavy atom. The van der Waals surface area contributed by atoms with E-state index in [1.807, 2.05) is 0 Å². The molecule has 1 heterocycles. The molecule has 1 saturated carbocycles. The first-order valence-electron chi connectivity index (χ1n) is 7.49. The normalized spacial score (nSPS) is 14.7. The number of hydrogen-bond acceptors (Lipinski definition) is 3. The summed E-state index contributed by atoms with van der Waals surface area (Å²) in [6.45, 7) is 1.19. The van der Waals surface area contributed by atoms with Gasteiger partial charge in [-0.2, -0.15) is 13.2 Å². The van der Waals surface area contributed by atoms with Crippen LogP contribution in [0, 0.1) is 5.92 Å². The van der Waals surface area contributed by atoms with E-state index >= 15 is 0 Å². The molecule has 23 heavy (non-hydrogen) atoms. The molecule has 1 aliphatic carbocycles. The van der Waals surface area contributed by atoms with Gasteiger partial charge in [0.25, 0.3) is 5.56 Å². The van der Waals surface area contributed by atoms with E-state index in [-0.39, 0.29) is 0 Å². The summed E-state index contributed by atoms with van der Waals surface area (Å²) in [4.78, 5) is 23.4. The van der Waals surface area contributed by atoms with Gasteiger partial charge in [0.05, 0.1) is 0 Å². The zero-order valence-electron chi connectivity index (χ0n) is 12.6. The summed E-state index contributed by atoms with van der Waals surface area (Å²) in [5.41, 5.74) is -2.50. The monoisotopic (exact) mass is 332 g/mol. The molecule has 128 valence electrons. The standard InChI is InChI=1S/C15H19F3N2O3/c16-15(17,18)12-3-1-7-20(14(12)22)9-13(21)19-6-2-8-23-10-11-4-5-11/h1,3,7,11H,2,4-6,8-10H2,(H,19,21). The lowest BCUT2D eigenvalue weighted by molar-refractivity contribution is -0.139. The van der Waals surface area contributed by atoms with Crippen molar-refractivity contribution in [3.05, 3.63) is 34.2 Å². The summed E-state index contributed by atoms with van der Waals surface area (Å²) in [5, 5.41) is 2.56. The first-order chi connectivity index (χ1) is 10.9. The number of carbonyl (C=O) groups excluding carboxylic acids is 1. The molecule has 5 nitrogen and oxygen atoms in total. The molecule has 0 atom stereocenters. The Bertz CT molecular complexity index is 594. The van der Waals surface area contributed by atoms with Crippen molar-refractivity contribution in [2.45, 2.75) is 32.0 Å². The quantitative estimate of drug-likeness (QED) is 0.739. The molecule has 0 aromatic carbocycles. The van der Waals surface area contributed by atoms with Gasteiger partial charge in [0.2, 0.25) is 5.91 Å². The average Bonchev–Trinajstić information content (AvgIpc) is 3.28. The van der Waals surface area contributed by atoms with Crippen LogP contribution in [0.15, 0.2) is 23.1 Å². The maximum atomic E-state index is 12.6. The zero-order chi connectivity index (χ0) is 16.9. The lowest BCUT2D eigenvalue weighted by Gasteiger charge is -2.10. The van der Waals surface area contributed by atoms with Crippen LogP contribution in [0.2, 0.25) is 0 Å². The fourth-order valence-electron chi connectivity index (χ4n) is 2.02. The van der Waals surface area contributed by atoms with Crippen molar-refractivity contribution in [2.75, 3.05) is 19.8 Å². The van der Waals surface area contributed by atoms with Crippen LogP contribution >= 0.6 is 0 Å². The second kappa shape index (κ2) is 7.63. The van der Waals surface area contributed by atoms with Gasteiger partial charge in [-0.25, -0.2) is 0 Å². The third-order valence-corrected chi connectivity index (χ3v) is 3.48. The van der Waals surface area contributed by atoms with Gasteiger partial charge in [-0.05, 0) is 37.3 Å². The Morgan fingerprint density at radius 2 is 2.13 bits per heavy atom. The molecule has 1 aromatic rings. The molecule has 1 amide bonds. The number of pyridine rings is 1. The van der Waals surface area contributed by atoms with E-state index in [0.29, 0.717) is 31.6 Å². The number of rotatable bonds is 8. The van der Waals surface area contributed by atoms with E-state index in [0.717, 1.165) is 23.4 Å². The number of nitrogens with one attached hydrogen (secondary N) is 1. The summed E-state index contributed by atoms with van der Waals surface area (Å²) >= 11 is 0. The molecule has 1 aliphatic rings. The number of nitrogens with zero attached hydrogens (tertiary/aromatic N) is 1. The minimum absolute atomic E-state index is 0.358. The number of halogens is 3. The van der Waals surface area contributed by atoms with Gasteiger partial charge in [0, 0.05) is 26.0 Å². The molecule has 0 unspecified atom stereocenters. The number of hydrogen-bond donors (Lipinski definition) is 1. The van der Waals surface area contributed by atoms with Crippen molar-refractivity contribution >= 4 is 5.91 Å². The molecule has 0 bridgehead atoms. The summed E-state index contributed by atoms with van der Waals surface area (Å²) < 4.78 is 44.0. The fraction of sp³-hybridized carbons (Fsp3) is 0.600. The SMILES string of the molecule is O=C(Cn1cccc(C(F)(F)F)c1=O)NCCCOCC1CC1. The average molecular weight is 332 g/mol. The van der Waals surface area contributed by atoms with Gasteiger partial charge in [-0.15, -0.1) is 0 Å². The third-order valence-electron chi connectivity index (χ3n) is 3.48. The molecular weight excluding hydrogens is 313 g/mol. The highest BCUT2D eigenvalue weighted by molar-refractivity contribution is 5.75. The van der Waals surface area contributed by atoms with Crippen LogP contribution in [0.1, 0.15) is 24.8 Å². The molecule has 1 aromatic heterocycles. The second-order valence-electron chi connectivity index (χ2n) is 5.57. The minimum Gasteiger partial charge on any atom is -0.381 e. The van der Waals surface area contributed by atoms with E-state index < -0.39 is 29.8 Å². The predicted molar refractivity (Wildman–Crippen MR) is 76.9 cm³/mol. The van der Waals surface area contributed by atoms with Crippen LogP contribution in [0.4, 0.5) is 13.2 Å². The van der Waals surface area contributed by atoms with E-state index in [1.54, 1.807) is 0 Å². The van der Waals surface area contributed by atoms with Crippen molar-refractivity contribution < 1.29 is 22.7 Å². The van der Waals surface area contributed by atoms with Gasteiger partial charge in [0.1, 0.15) is 12.1 Å². The van der Waals surface area contributed by atoms with E-state index in [1.165, 1.54) is 12.8 Å². The fourth-order valence-corrected chi connectivity index (χ4v) is 2.02. The summed E-state index contributed by atoms with van der Waals surface area (Å²) in [5.74, 6) is 0.172. The number of alkyl halides is 3. The lowest BCUT2D eigenvalue weighted by Crippen LogP contribution is -2.35. The van der Waals surface area contributed by atoms with Gasteiger partial charge in [-0.3, -0.25) is 9.59 Å². The van der Waals surface area contributed by atoms with Gasteiger partial charge in [0.15, 0.2) is 0 Å². The first kappa shape index (κ1) is 17.5. The first-order valence-corrected chi connectivity index (χ1v) is 7.49. The van der Waals surface area contributed by atoms with E-state index in [4.69, 9.17) is 4.74 Å². The highest BCUT2D eigenvalue weighted by Crippen LogP contribution is 2.28. The van der Waals surface area contributed by atoms with Gasteiger partial charge < -0.3 is 14.6 Å². The Hall–Kier alpha value is -1.83. The predicted octanol–water partition coefficient (Wildman–Crippen LogP) is 1.80. The van der Waals surface area contributed by atoms with Gasteiger partial charge in [-0.1, -0.05) is 0 Å². The van der Waals surface area contributed by atoms with Crippen LogP contribution in [-0.2, 0) is 22.3 Å². The minimum atomic E-state index is -4.73. The van der Waals surface area contributed by atoms with Crippen molar-refractivity contribution in [3.63, 3.8) is 0 Å². The number of carbonyl (C=O) groups is 1. The topological polar surface area (TPSA) is 60.3 Å². The molecule has 8 heteroatoms. The Labute approximate surface area is 131 Å². The van der Waals surface area contributed by atoms with Crippen LogP contribution in [0.3, 0.4) is 0 Å². The highest BCUT2D eigenvalue weighted by atomic mass is 19.4. The highest BCUT2D eigenvalue weighted by Gasteiger charge is 2.34. The number of ether oxygens (including phenoxy) is 1. The van der Waals surface area contributed by atoms with Crippen molar-refractivity contribution in [3.8, 4) is 0 Å². The summed E-state index contributed by atoms with van der Waals surface area (Å²) in [6, 6.07) is 1.80. The van der Waals surface area contributed by atoms with Crippen molar-refractivity contribution in [1.29, 1.82) is 0 Å². The molecule has 0 saturated heterocycles. The molecule has 2 rings (SSSR count). The Morgan fingerprint density at radius 3 is 2.78 bits per heavy atom. The van der Waals surface area contributed by atoms with Crippen LogP contribution < -0.4 is 10.9 Å². The molecular formula is C15H19F3N2O3. The van der Waals surface area contributed by atoms with Crippen LogP contribution in [0.5, 0.6) is 0 Å². The summed E-state index contributed by atoms with van der Waals surface area (Å²) in [6.07, 6.45) is -0.522. The van der Waals surface area contributed by atoms with Crippen molar-refractivity contribution in [2.24, 2.45) is 5.92 Å². The lowest BCUT2D eigenvalue weighted by atomic mass is 10.2. The van der Waals surface area contributed by atoms with Crippen LogP contribution in [0.25, 0.3) is 0 Å². The third kappa shape index (κ3) is 5.70. The van der Waals surface area contributed by atoms with Gasteiger partial charge >= 0.3 is 6.18 Å². The maximum Gasteiger partial charge on any atom is 0.421 e. The number of amides is 1. The van der Waals surface area contributed by atoms with E-state index in [9.17, 15) is 22.8 Å². The Kier molecular flexibility index (Phi) is 5.81. The molecule has 0 spiro atoms. The molecule has 0 aliphatic heterocycles. The molecule has 1 N–H and O–H groups in total. The second-order valence-corrected chi connectivity index (χ2v) is 5.57. The Balaban J connectivity index is 1.75. The van der Waals surface area contributed by atoms with E-state index in [2.05, 4.69) is 5.32 Å². The maximum absolute atomic E-state index is 12.6. The molecule has 1 fully saturated rings. The number of aromatic nitrogens is 1.